The first-order chi connectivity index (χ1) is 13.0. The minimum Gasteiger partial charge on any atom is -0.320 e. The summed E-state index contributed by atoms with van der Waals surface area (Å²) in [4.78, 5) is 38.7. The molecule has 136 valence electrons. The predicted octanol–water partition coefficient (Wildman–Crippen LogP) is 3.66. The molecule has 1 aromatic carbocycles. The number of benzene rings is 1. The Hall–Kier alpha value is -3.17. The van der Waals surface area contributed by atoms with Crippen LogP contribution in [0, 0.1) is 11.3 Å². The molecule has 1 aliphatic carbocycles. The van der Waals surface area contributed by atoms with Crippen molar-refractivity contribution in [3.63, 3.8) is 0 Å². The van der Waals surface area contributed by atoms with Crippen molar-refractivity contribution in [2.45, 2.75) is 25.7 Å². The molecule has 0 radical (unpaired) electrons. The first-order valence-corrected chi connectivity index (χ1v) is 8.80. The highest BCUT2D eigenvalue weighted by molar-refractivity contribution is 6.35. The van der Waals surface area contributed by atoms with Crippen molar-refractivity contribution in [3.05, 3.63) is 58.7 Å². The van der Waals surface area contributed by atoms with Crippen LogP contribution >= 0.6 is 11.6 Å². The van der Waals surface area contributed by atoms with E-state index < -0.39 is 5.91 Å². The minimum atomic E-state index is -0.659. The number of amides is 3. The van der Waals surface area contributed by atoms with Gasteiger partial charge >= 0.3 is 0 Å². The van der Waals surface area contributed by atoms with Crippen molar-refractivity contribution in [2.75, 3.05) is 10.2 Å². The van der Waals surface area contributed by atoms with Crippen LogP contribution in [-0.4, -0.2) is 17.7 Å². The molecule has 0 fully saturated rings. The molecule has 3 rings (SSSR count). The van der Waals surface area contributed by atoms with Gasteiger partial charge in [0.05, 0.1) is 16.4 Å². The van der Waals surface area contributed by atoms with E-state index in [0.29, 0.717) is 29.7 Å². The van der Waals surface area contributed by atoms with E-state index in [-0.39, 0.29) is 28.1 Å². The molecule has 1 aromatic rings. The van der Waals surface area contributed by atoms with E-state index >= 15 is 0 Å². The molecule has 0 atom stereocenters. The first-order valence-electron chi connectivity index (χ1n) is 8.42. The molecule has 1 N–H and O–H groups in total. The number of halogens is 1. The second kappa shape index (κ2) is 7.60. The van der Waals surface area contributed by atoms with Crippen LogP contribution in [0.3, 0.4) is 0 Å². The fourth-order valence-electron chi connectivity index (χ4n) is 3.19. The monoisotopic (exact) mass is 381 g/mol. The minimum absolute atomic E-state index is 0.142. The summed E-state index contributed by atoms with van der Waals surface area (Å²) >= 11 is 6.13. The van der Waals surface area contributed by atoms with Gasteiger partial charge in [0, 0.05) is 11.1 Å². The molecule has 0 aromatic heterocycles. The summed E-state index contributed by atoms with van der Waals surface area (Å²) in [6.45, 7) is 3.45. The Balaban J connectivity index is 1.91. The van der Waals surface area contributed by atoms with Crippen LogP contribution in [0.4, 0.5) is 11.4 Å². The smallest absolute Gasteiger partial charge is 0.266 e. The molecule has 0 bridgehead atoms. The normalized spacial score (nSPS) is 16.9. The Bertz CT molecular complexity index is 941. The van der Waals surface area contributed by atoms with Gasteiger partial charge in [0.2, 0.25) is 0 Å². The maximum atomic E-state index is 12.7. The molecule has 0 saturated heterocycles. The van der Waals surface area contributed by atoms with E-state index in [9.17, 15) is 14.4 Å². The number of nitrogens with one attached hydrogen (secondary N) is 1. The molecule has 6 nitrogen and oxygen atoms in total. The number of nitrogens with zero attached hydrogens (tertiary/aromatic N) is 2. The van der Waals surface area contributed by atoms with E-state index in [1.165, 1.54) is 24.3 Å². The molecule has 3 amide bonds. The largest absolute Gasteiger partial charge is 0.320 e. The third-order valence-electron chi connectivity index (χ3n) is 4.50. The number of nitriles is 1. The maximum absolute atomic E-state index is 12.7. The van der Waals surface area contributed by atoms with Gasteiger partial charge in [0.25, 0.3) is 17.7 Å². The lowest BCUT2D eigenvalue weighted by Gasteiger charge is -2.17. The van der Waals surface area contributed by atoms with Crippen LogP contribution in [0.1, 0.15) is 25.7 Å². The van der Waals surface area contributed by atoms with E-state index in [4.69, 9.17) is 16.9 Å². The van der Waals surface area contributed by atoms with E-state index in [1.807, 2.05) is 0 Å². The summed E-state index contributed by atoms with van der Waals surface area (Å²) in [5, 5.41) is 11.8. The van der Waals surface area contributed by atoms with Gasteiger partial charge in [-0.05, 0) is 50.0 Å². The van der Waals surface area contributed by atoms with Crippen LogP contribution in [-0.2, 0) is 14.4 Å². The fraction of sp³-hybridized carbons (Fsp3) is 0.200. The summed E-state index contributed by atoms with van der Waals surface area (Å²) in [7, 11) is 0. The number of rotatable bonds is 4. The van der Waals surface area contributed by atoms with E-state index in [2.05, 4.69) is 11.9 Å². The predicted molar refractivity (Wildman–Crippen MR) is 102 cm³/mol. The number of hydrogen-bond acceptors (Lipinski definition) is 4. The summed E-state index contributed by atoms with van der Waals surface area (Å²) in [6.07, 6.45) is 5.59. The third kappa shape index (κ3) is 3.42. The average Bonchev–Trinajstić information content (AvgIpc) is 2.92. The number of anilines is 2. The van der Waals surface area contributed by atoms with Crippen LogP contribution in [0.25, 0.3) is 0 Å². The van der Waals surface area contributed by atoms with Crippen molar-refractivity contribution < 1.29 is 14.4 Å². The highest BCUT2D eigenvalue weighted by Crippen LogP contribution is 2.37. The van der Waals surface area contributed by atoms with Crippen molar-refractivity contribution in [1.82, 2.24) is 0 Å². The molecular weight excluding hydrogens is 366 g/mol. The molecule has 0 saturated carbocycles. The van der Waals surface area contributed by atoms with Gasteiger partial charge in [-0.25, -0.2) is 4.90 Å². The standard InChI is InChI=1S/C20H16ClN3O3/c1-2-5-12(11-22)18(25)23-17-10-13(8-9-16(17)21)24-19(26)14-6-3-4-7-15(14)20(24)27/h2,5,8-10H,1,3-4,6-7H2,(H,23,25). The summed E-state index contributed by atoms with van der Waals surface area (Å²) < 4.78 is 0. The Labute approximate surface area is 161 Å². The van der Waals surface area contributed by atoms with Crippen molar-refractivity contribution >= 4 is 40.7 Å². The second-order valence-electron chi connectivity index (χ2n) is 6.16. The zero-order valence-electron chi connectivity index (χ0n) is 14.4. The molecule has 0 unspecified atom stereocenters. The van der Waals surface area contributed by atoms with Crippen molar-refractivity contribution in [2.24, 2.45) is 0 Å². The molecular formula is C20H16ClN3O3. The van der Waals surface area contributed by atoms with Crippen LogP contribution < -0.4 is 10.2 Å². The Kier molecular flexibility index (Phi) is 5.24. The number of carbonyl (C=O) groups excluding carboxylic acids is 3. The Morgan fingerprint density at radius 1 is 1.22 bits per heavy atom. The average molecular weight is 382 g/mol. The van der Waals surface area contributed by atoms with Crippen LogP contribution in [0.5, 0.6) is 0 Å². The summed E-state index contributed by atoms with van der Waals surface area (Å²) in [5.41, 5.74) is 1.54. The van der Waals surface area contributed by atoms with Gasteiger partial charge in [0.15, 0.2) is 0 Å². The topological polar surface area (TPSA) is 90.3 Å². The van der Waals surface area contributed by atoms with Gasteiger partial charge in [0.1, 0.15) is 11.6 Å². The third-order valence-corrected chi connectivity index (χ3v) is 4.83. The van der Waals surface area contributed by atoms with Gasteiger partial charge < -0.3 is 5.32 Å². The highest BCUT2D eigenvalue weighted by Gasteiger charge is 2.39. The lowest BCUT2D eigenvalue weighted by atomic mass is 9.93. The SMILES string of the molecule is C=CC=C(C#N)C(=O)Nc1cc(N2C(=O)C3=C(CCCC3)C2=O)ccc1Cl. The Morgan fingerprint density at radius 3 is 2.41 bits per heavy atom. The van der Waals surface area contributed by atoms with Gasteiger partial charge in [-0.1, -0.05) is 24.3 Å². The quantitative estimate of drug-likeness (QED) is 0.373. The summed E-state index contributed by atoms with van der Waals surface area (Å²) in [5.74, 6) is -1.30. The van der Waals surface area contributed by atoms with Gasteiger partial charge in [-0.3, -0.25) is 14.4 Å². The first kappa shape index (κ1) is 18.6. The molecule has 1 heterocycles. The molecule has 7 heteroatoms. The number of imide groups is 1. The number of hydrogen-bond donors (Lipinski definition) is 1. The van der Waals surface area contributed by atoms with Gasteiger partial charge in [-0.2, -0.15) is 5.26 Å². The highest BCUT2D eigenvalue weighted by atomic mass is 35.5. The van der Waals surface area contributed by atoms with Crippen molar-refractivity contribution in [3.8, 4) is 6.07 Å². The summed E-state index contributed by atoms with van der Waals surface area (Å²) in [6, 6.07) is 6.27. The molecule has 1 aliphatic heterocycles. The zero-order valence-corrected chi connectivity index (χ0v) is 15.2. The lowest BCUT2D eigenvalue weighted by molar-refractivity contribution is -0.120. The van der Waals surface area contributed by atoms with E-state index in [0.717, 1.165) is 17.7 Å². The molecule has 2 aliphatic rings. The Morgan fingerprint density at radius 2 is 1.85 bits per heavy atom. The number of allylic oxidation sites excluding steroid dienone is 2. The molecule has 27 heavy (non-hydrogen) atoms. The van der Waals surface area contributed by atoms with Crippen LogP contribution in [0.15, 0.2) is 53.6 Å². The number of carbonyl (C=O) groups is 3. The van der Waals surface area contributed by atoms with E-state index in [1.54, 1.807) is 12.1 Å². The molecule has 0 spiro atoms. The van der Waals surface area contributed by atoms with Gasteiger partial charge in [-0.15, -0.1) is 0 Å². The fourth-order valence-corrected chi connectivity index (χ4v) is 3.36. The zero-order chi connectivity index (χ0) is 19.6. The lowest BCUT2D eigenvalue weighted by Crippen LogP contribution is -2.31. The van der Waals surface area contributed by atoms with Crippen LogP contribution in [0.2, 0.25) is 5.02 Å². The maximum Gasteiger partial charge on any atom is 0.266 e. The second-order valence-corrected chi connectivity index (χ2v) is 6.56. The van der Waals surface area contributed by atoms with Crippen molar-refractivity contribution in [1.29, 1.82) is 5.26 Å².